The van der Waals surface area contributed by atoms with Crippen molar-refractivity contribution in [1.29, 1.82) is 0 Å². The van der Waals surface area contributed by atoms with E-state index in [1.807, 2.05) is 31.2 Å². The summed E-state index contributed by atoms with van der Waals surface area (Å²) in [7, 11) is 0. The van der Waals surface area contributed by atoms with Crippen molar-refractivity contribution in [3.63, 3.8) is 0 Å². The zero-order valence-electron chi connectivity index (χ0n) is 21.8. The molecule has 3 aromatic carbocycles. The molecule has 0 aliphatic carbocycles. The predicted octanol–water partition coefficient (Wildman–Crippen LogP) is 4.47. The summed E-state index contributed by atoms with van der Waals surface area (Å²) in [6.07, 6.45) is 0. The van der Waals surface area contributed by atoms with E-state index in [-0.39, 0.29) is 23.4 Å². The van der Waals surface area contributed by atoms with Crippen molar-refractivity contribution < 1.29 is 28.6 Å². The number of Topliss-reactive ketones (excluding diaryl/α,β-unsaturated/α-hetero) is 1. The van der Waals surface area contributed by atoms with Gasteiger partial charge in [0.2, 0.25) is 0 Å². The lowest BCUT2D eigenvalue weighted by atomic mass is 9.95. The number of ether oxygens (including phenoxy) is 2. The maximum Gasteiger partial charge on any atom is 0.295 e. The maximum absolute atomic E-state index is 15.0. The Balaban J connectivity index is 1.42. The number of aliphatic hydroxyl groups is 1. The third kappa shape index (κ3) is 5.87. The molecule has 5 rings (SSSR count). The van der Waals surface area contributed by atoms with Crippen LogP contribution < -0.4 is 4.74 Å². The van der Waals surface area contributed by atoms with Gasteiger partial charge in [-0.25, -0.2) is 4.39 Å². The minimum atomic E-state index is -1.04. The van der Waals surface area contributed by atoms with Gasteiger partial charge in [0.15, 0.2) is 0 Å². The maximum atomic E-state index is 15.0. The van der Waals surface area contributed by atoms with E-state index in [1.54, 1.807) is 42.5 Å². The third-order valence-electron chi connectivity index (χ3n) is 7.12. The van der Waals surface area contributed by atoms with E-state index in [9.17, 15) is 14.7 Å². The number of carbonyl (C=O) groups is 2. The summed E-state index contributed by atoms with van der Waals surface area (Å²) in [5, 5.41) is 11.3. The summed E-state index contributed by atoms with van der Waals surface area (Å²) >= 11 is 0. The minimum absolute atomic E-state index is 0.125. The normalized spacial score (nSPS) is 19.4. The number of ketones is 1. The van der Waals surface area contributed by atoms with Gasteiger partial charge in [-0.05, 0) is 42.8 Å². The third-order valence-corrected chi connectivity index (χ3v) is 7.12. The number of amides is 1. The van der Waals surface area contributed by atoms with Gasteiger partial charge in [-0.2, -0.15) is 0 Å². The number of rotatable bonds is 8. The Labute approximate surface area is 227 Å². The van der Waals surface area contributed by atoms with Crippen LogP contribution in [0.15, 0.2) is 78.4 Å². The Hall–Kier alpha value is -4.01. The molecule has 2 fully saturated rings. The molecule has 8 heteroatoms. The zero-order chi connectivity index (χ0) is 27.4. The number of aliphatic hydroxyl groups excluding tert-OH is 1. The molecule has 0 aromatic heterocycles. The molecule has 1 amide bonds. The van der Waals surface area contributed by atoms with Crippen molar-refractivity contribution in [3.8, 4) is 5.75 Å². The first-order chi connectivity index (χ1) is 18.9. The monoisotopic (exact) mass is 530 g/mol. The van der Waals surface area contributed by atoms with Crippen molar-refractivity contribution in [2.24, 2.45) is 0 Å². The number of aryl methyl sites for hydroxylation is 1. The average Bonchev–Trinajstić information content (AvgIpc) is 3.20. The van der Waals surface area contributed by atoms with Crippen molar-refractivity contribution in [2.45, 2.75) is 19.6 Å². The summed E-state index contributed by atoms with van der Waals surface area (Å²) < 4.78 is 26.3. The van der Waals surface area contributed by atoms with E-state index in [1.165, 1.54) is 11.0 Å². The van der Waals surface area contributed by atoms with Crippen molar-refractivity contribution in [3.05, 3.63) is 106 Å². The van der Waals surface area contributed by atoms with Gasteiger partial charge in [-0.3, -0.25) is 14.5 Å². The fourth-order valence-electron chi connectivity index (χ4n) is 5.04. The quantitative estimate of drug-likeness (QED) is 0.263. The van der Waals surface area contributed by atoms with Crippen LogP contribution in [-0.2, 0) is 20.9 Å². The average molecular weight is 531 g/mol. The standard InChI is InChI=1S/C31H31FN2O5/c1-21-5-4-6-22(19-21)20-39-24-11-9-23(10-12-24)29(35)27-28(25-7-2-3-8-26(25)32)34(31(37)30(27)36)14-13-33-15-17-38-18-16-33/h2-12,19,28,35H,13-18,20H2,1H3/b29-27-. The Bertz CT molecular complexity index is 1380. The lowest BCUT2D eigenvalue weighted by Crippen LogP contribution is -2.42. The SMILES string of the molecule is Cc1cccc(COc2ccc(/C(O)=C3/C(=O)C(=O)N(CCN4CCOCC4)C3c3ccccc3F)cc2)c1. The Morgan fingerprint density at radius 2 is 1.74 bits per heavy atom. The van der Waals surface area contributed by atoms with Gasteiger partial charge in [-0.1, -0.05) is 48.0 Å². The second kappa shape index (κ2) is 11.8. The van der Waals surface area contributed by atoms with Crippen molar-refractivity contribution in [1.82, 2.24) is 9.80 Å². The summed E-state index contributed by atoms with van der Waals surface area (Å²) in [6.45, 7) is 5.75. The van der Waals surface area contributed by atoms with Gasteiger partial charge < -0.3 is 19.5 Å². The van der Waals surface area contributed by atoms with Crippen LogP contribution in [0.3, 0.4) is 0 Å². The second-order valence-corrected chi connectivity index (χ2v) is 9.77. The van der Waals surface area contributed by atoms with Crippen LogP contribution in [0.5, 0.6) is 5.75 Å². The lowest BCUT2D eigenvalue weighted by molar-refractivity contribution is -0.140. The highest BCUT2D eigenvalue weighted by atomic mass is 19.1. The van der Waals surface area contributed by atoms with Crippen LogP contribution in [0, 0.1) is 12.7 Å². The summed E-state index contributed by atoms with van der Waals surface area (Å²) in [4.78, 5) is 29.9. The number of halogens is 1. The minimum Gasteiger partial charge on any atom is -0.507 e. The van der Waals surface area contributed by atoms with E-state index in [2.05, 4.69) is 4.90 Å². The Kier molecular flexibility index (Phi) is 8.05. The highest BCUT2D eigenvalue weighted by molar-refractivity contribution is 6.46. The molecule has 0 bridgehead atoms. The van der Waals surface area contributed by atoms with Crippen LogP contribution in [-0.4, -0.2) is 66.0 Å². The van der Waals surface area contributed by atoms with Gasteiger partial charge in [0.1, 0.15) is 23.9 Å². The molecule has 202 valence electrons. The Morgan fingerprint density at radius 1 is 1.00 bits per heavy atom. The molecule has 0 saturated carbocycles. The zero-order valence-corrected chi connectivity index (χ0v) is 21.8. The first-order valence-corrected chi connectivity index (χ1v) is 13.0. The Morgan fingerprint density at radius 3 is 2.46 bits per heavy atom. The van der Waals surface area contributed by atoms with E-state index in [0.29, 0.717) is 50.8 Å². The van der Waals surface area contributed by atoms with Gasteiger partial charge in [-0.15, -0.1) is 0 Å². The van der Waals surface area contributed by atoms with Crippen molar-refractivity contribution >= 4 is 17.4 Å². The van der Waals surface area contributed by atoms with Gasteiger partial charge in [0, 0.05) is 37.3 Å². The number of likely N-dealkylation sites (tertiary alicyclic amines) is 1. The fraction of sp³-hybridized carbons (Fsp3) is 0.290. The van der Waals surface area contributed by atoms with E-state index >= 15 is 4.39 Å². The second-order valence-electron chi connectivity index (χ2n) is 9.77. The number of nitrogens with zero attached hydrogens (tertiary/aromatic N) is 2. The van der Waals surface area contributed by atoms with E-state index in [4.69, 9.17) is 9.47 Å². The largest absolute Gasteiger partial charge is 0.507 e. The highest BCUT2D eigenvalue weighted by Crippen LogP contribution is 2.40. The molecule has 3 aromatic rings. The van der Waals surface area contributed by atoms with Gasteiger partial charge in [0.05, 0.1) is 24.8 Å². The number of hydrogen-bond donors (Lipinski definition) is 1. The topological polar surface area (TPSA) is 79.3 Å². The van der Waals surface area contributed by atoms with E-state index < -0.39 is 23.5 Å². The lowest BCUT2D eigenvalue weighted by Gasteiger charge is -2.31. The molecular weight excluding hydrogens is 499 g/mol. The molecule has 1 atom stereocenters. The summed E-state index contributed by atoms with van der Waals surface area (Å²) in [6, 6.07) is 19.6. The van der Waals surface area contributed by atoms with Crippen LogP contribution in [0.25, 0.3) is 5.76 Å². The molecule has 0 spiro atoms. The molecule has 2 aliphatic heterocycles. The molecule has 0 radical (unpaired) electrons. The number of carbonyl (C=O) groups excluding carboxylic acids is 2. The number of benzene rings is 3. The summed E-state index contributed by atoms with van der Waals surface area (Å²) in [5.74, 6) is -1.89. The first kappa shape index (κ1) is 26.6. The molecule has 2 aliphatic rings. The van der Waals surface area contributed by atoms with Gasteiger partial charge in [0.25, 0.3) is 11.7 Å². The predicted molar refractivity (Wildman–Crippen MR) is 145 cm³/mol. The molecular formula is C31H31FN2O5. The molecule has 1 unspecified atom stereocenters. The molecule has 2 heterocycles. The van der Waals surface area contributed by atoms with Gasteiger partial charge >= 0.3 is 0 Å². The van der Waals surface area contributed by atoms with Crippen LogP contribution in [0.4, 0.5) is 4.39 Å². The van der Waals surface area contributed by atoms with Crippen LogP contribution >= 0.6 is 0 Å². The number of morpholine rings is 1. The molecule has 39 heavy (non-hydrogen) atoms. The first-order valence-electron chi connectivity index (χ1n) is 13.0. The molecule has 7 nitrogen and oxygen atoms in total. The highest BCUT2D eigenvalue weighted by Gasteiger charge is 2.46. The molecule has 1 N–H and O–H groups in total. The summed E-state index contributed by atoms with van der Waals surface area (Å²) in [5.41, 5.74) is 2.55. The fourth-order valence-corrected chi connectivity index (χ4v) is 5.04. The van der Waals surface area contributed by atoms with Crippen LogP contribution in [0.2, 0.25) is 0 Å². The number of hydrogen-bond acceptors (Lipinski definition) is 6. The van der Waals surface area contributed by atoms with E-state index in [0.717, 1.165) is 11.1 Å². The van der Waals surface area contributed by atoms with Crippen LogP contribution in [0.1, 0.15) is 28.3 Å². The smallest absolute Gasteiger partial charge is 0.295 e. The van der Waals surface area contributed by atoms with Crippen molar-refractivity contribution in [2.75, 3.05) is 39.4 Å². The molecule has 2 saturated heterocycles.